The maximum Gasteiger partial charge on any atom is 0.272 e. The van der Waals surface area contributed by atoms with E-state index < -0.39 is 4.92 Å². The molecule has 0 heterocycles. The van der Waals surface area contributed by atoms with Gasteiger partial charge in [0, 0.05) is 31.8 Å². The molecular weight excluding hydrogens is 262 g/mol. The summed E-state index contributed by atoms with van der Waals surface area (Å²) < 4.78 is 4.81. The molecule has 110 valence electrons. The summed E-state index contributed by atoms with van der Waals surface area (Å²) in [7, 11) is 1.56. The first-order valence-corrected chi connectivity index (χ1v) is 6.25. The lowest BCUT2D eigenvalue weighted by atomic mass is 10.1. The Balaban J connectivity index is 2.40. The third-order valence-corrected chi connectivity index (χ3v) is 2.71. The Morgan fingerprint density at radius 1 is 1.45 bits per heavy atom. The fourth-order valence-corrected chi connectivity index (χ4v) is 1.64. The van der Waals surface area contributed by atoms with Crippen molar-refractivity contribution in [3.8, 4) is 0 Å². The molecule has 0 aliphatic rings. The quantitative estimate of drug-likeness (QED) is 0.417. The Hall–Kier alpha value is -1.99. The van der Waals surface area contributed by atoms with Crippen molar-refractivity contribution in [2.75, 3.05) is 26.8 Å². The van der Waals surface area contributed by atoms with E-state index in [2.05, 4.69) is 10.6 Å². The van der Waals surface area contributed by atoms with Crippen molar-refractivity contribution < 1.29 is 14.5 Å². The average molecular weight is 281 g/mol. The van der Waals surface area contributed by atoms with E-state index in [4.69, 9.17) is 4.74 Å². The van der Waals surface area contributed by atoms with Crippen molar-refractivity contribution >= 4 is 11.6 Å². The van der Waals surface area contributed by atoms with Crippen LogP contribution in [0.25, 0.3) is 0 Å². The summed E-state index contributed by atoms with van der Waals surface area (Å²) in [6.07, 6.45) is 0. The van der Waals surface area contributed by atoms with Crippen molar-refractivity contribution in [3.63, 3.8) is 0 Å². The second-order valence-corrected chi connectivity index (χ2v) is 4.32. The van der Waals surface area contributed by atoms with Crippen LogP contribution in [0.1, 0.15) is 11.1 Å². The zero-order valence-electron chi connectivity index (χ0n) is 11.6. The van der Waals surface area contributed by atoms with Crippen LogP contribution in [0.3, 0.4) is 0 Å². The van der Waals surface area contributed by atoms with Gasteiger partial charge in [-0.25, -0.2) is 0 Å². The van der Waals surface area contributed by atoms with Crippen LogP contribution in [0, 0.1) is 17.0 Å². The molecule has 7 nitrogen and oxygen atoms in total. The van der Waals surface area contributed by atoms with E-state index in [1.807, 2.05) is 0 Å². The predicted octanol–water partition coefficient (Wildman–Crippen LogP) is 0.755. The monoisotopic (exact) mass is 281 g/mol. The molecule has 0 fully saturated rings. The van der Waals surface area contributed by atoms with E-state index in [0.29, 0.717) is 25.3 Å². The van der Waals surface area contributed by atoms with E-state index in [9.17, 15) is 14.9 Å². The number of methoxy groups -OCH3 is 1. The molecule has 0 unspecified atom stereocenters. The summed E-state index contributed by atoms with van der Waals surface area (Å²) in [6, 6.07) is 5.02. The molecule has 0 bridgehead atoms. The molecule has 7 heteroatoms. The SMILES string of the molecule is COCCNC(=O)CNCc1ccc(C)c([N+](=O)[O-])c1. The van der Waals surface area contributed by atoms with Gasteiger partial charge in [0.05, 0.1) is 18.1 Å². The zero-order valence-corrected chi connectivity index (χ0v) is 11.6. The molecule has 0 aromatic heterocycles. The second kappa shape index (κ2) is 8.23. The Kier molecular flexibility index (Phi) is 6.61. The van der Waals surface area contributed by atoms with Crippen molar-refractivity contribution in [3.05, 3.63) is 39.4 Å². The largest absolute Gasteiger partial charge is 0.383 e. The highest BCUT2D eigenvalue weighted by Crippen LogP contribution is 2.18. The van der Waals surface area contributed by atoms with Crippen LogP contribution in [0.5, 0.6) is 0 Å². The van der Waals surface area contributed by atoms with Crippen LogP contribution in [-0.2, 0) is 16.1 Å². The van der Waals surface area contributed by atoms with E-state index in [1.165, 1.54) is 6.07 Å². The number of hydrogen-bond donors (Lipinski definition) is 2. The highest BCUT2D eigenvalue weighted by Gasteiger charge is 2.10. The van der Waals surface area contributed by atoms with Crippen LogP contribution < -0.4 is 10.6 Å². The molecule has 0 aliphatic heterocycles. The van der Waals surface area contributed by atoms with Gasteiger partial charge in [-0.2, -0.15) is 0 Å². The summed E-state index contributed by atoms with van der Waals surface area (Å²) in [5.41, 5.74) is 1.48. The number of rotatable bonds is 8. The molecule has 0 saturated carbocycles. The lowest BCUT2D eigenvalue weighted by Gasteiger charge is -2.07. The fourth-order valence-electron chi connectivity index (χ4n) is 1.64. The number of benzene rings is 1. The van der Waals surface area contributed by atoms with Gasteiger partial charge in [0.1, 0.15) is 0 Å². The molecule has 0 atom stereocenters. The van der Waals surface area contributed by atoms with Crippen molar-refractivity contribution in [1.82, 2.24) is 10.6 Å². The standard InChI is InChI=1S/C13H19N3O4/c1-10-3-4-11(7-12(10)16(18)19)8-14-9-13(17)15-5-6-20-2/h3-4,7,14H,5-6,8-9H2,1-2H3,(H,15,17). The Labute approximate surface area is 117 Å². The van der Waals surface area contributed by atoms with E-state index in [0.717, 1.165) is 5.56 Å². The highest BCUT2D eigenvalue weighted by molar-refractivity contribution is 5.77. The minimum atomic E-state index is -0.406. The Bertz CT molecular complexity index is 477. The van der Waals surface area contributed by atoms with Crippen molar-refractivity contribution in [2.45, 2.75) is 13.5 Å². The number of carbonyl (C=O) groups is 1. The van der Waals surface area contributed by atoms with Crippen molar-refractivity contribution in [2.24, 2.45) is 0 Å². The summed E-state index contributed by atoms with van der Waals surface area (Å²) in [5, 5.41) is 16.4. The fraction of sp³-hybridized carbons (Fsp3) is 0.462. The number of carbonyl (C=O) groups excluding carboxylic acids is 1. The Morgan fingerprint density at radius 2 is 2.20 bits per heavy atom. The lowest BCUT2D eigenvalue weighted by molar-refractivity contribution is -0.385. The molecule has 1 aromatic carbocycles. The normalized spacial score (nSPS) is 10.3. The number of nitro benzene ring substituents is 1. The summed E-state index contributed by atoms with van der Waals surface area (Å²) >= 11 is 0. The molecule has 2 N–H and O–H groups in total. The van der Waals surface area contributed by atoms with Gasteiger partial charge >= 0.3 is 0 Å². The van der Waals surface area contributed by atoms with Crippen LogP contribution in [0.2, 0.25) is 0 Å². The third kappa shape index (κ3) is 5.33. The molecule has 1 amide bonds. The summed E-state index contributed by atoms with van der Waals surface area (Å²) in [6.45, 7) is 3.19. The van der Waals surface area contributed by atoms with E-state index >= 15 is 0 Å². The Morgan fingerprint density at radius 3 is 2.85 bits per heavy atom. The number of ether oxygens (including phenoxy) is 1. The number of nitrogens with one attached hydrogen (secondary N) is 2. The van der Waals surface area contributed by atoms with Crippen LogP contribution >= 0.6 is 0 Å². The van der Waals surface area contributed by atoms with E-state index in [-0.39, 0.29) is 18.1 Å². The molecular formula is C13H19N3O4. The van der Waals surface area contributed by atoms with Gasteiger partial charge in [-0.3, -0.25) is 14.9 Å². The molecule has 20 heavy (non-hydrogen) atoms. The summed E-state index contributed by atoms with van der Waals surface area (Å²) in [4.78, 5) is 21.8. The van der Waals surface area contributed by atoms with E-state index in [1.54, 1.807) is 26.2 Å². The van der Waals surface area contributed by atoms with Gasteiger partial charge < -0.3 is 15.4 Å². The van der Waals surface area contributed by atoms with Crippen LogP contribution in [-0.4, -0.2) is 37.6 Å². The van der Waals surface area contributed by atoms with Crippen molar-refractivity contribution in [1.29, 1.82) is 0 Å². The first kappa shape index (κ1) is 16.1. The van der Waals surface area contributed by atoms with Gasteiger partial charge in [-0.1, -0.05) is 12.1 Å². The highest BCUT2D eigenvalue weighted by atomic mass is 16.6. The molecule has 1 rings (SSSR count). The molecule has 0 radical (unpaired) electrons. The maximum atomic E-state index is 11.4. The number of amides is 1. The number of hydrogen-bond acceptors (Lipinski definition) is 5. The molecule has 1 aromatic rings. The van der Waals surface area contributed by atoms with Crippen LogP contribution in [0.15, 0.2) is 18.2 Å². The zero-order chi connectivity index (χ0) is 15.0. The van der Waals surface area contributed by atoms with Gasteiger partial charge in [0.25, 0.3) is 5.69 Å². The number of aryl methyl sites for hydroxylation is 1. The minimum absolute atomic E-state index is 0.0915. The second-order valence-electron chi connectivity index (χ2n) is 4.32. The van der Waals surface area contributed by atoms with Gasteiger partial charge in [0.15, 0.2) is 0 Å². The first-order chi connectivity index (χ1) is 9.54. The molecule has 0 saturated heterocycles. The van der Waals surface area contributed by atoms with Gasteiger partial charge in [-0.15, -0.1) is 0 Å². The van der Waals surface area contributed by atoms with Crippen LogP contribution in [0.4, 0.5) is 5.69 Å². The molecule has 0 aliphatic carbocycles. The lowest BCUT2D eigenvalue weighted by Crippen LogP contribution is -2.35. The molecule has 0 spiro atoms. The van der Waals surface area contributed by atoms with Gasteiger partial charge in [-0.05, 0) is 12.5 Å². The summed E-state index contributed by atoms with van der Waals surface area (Å²) in [5.74, 6) is -0.135. The minimum Gasteiger partial charge on any atom is -0.383 e. The average Bonchev–Trinajstić information content (AvgIpc) is 2.40. The maximum absolute atomic E-state index is 11.4. The number of nitro groups is 1. The van der Waals surface area contributed by atoms with Gasteiger partial charge in [0.2, 0.25) is 5.91 Å². The third-order valence-electron chi connectivity index (χ3n) is 2.71. The number of nitrogens with zero attached hydrogens (tertiary/aromatic N) is 1. The predicted molar refractivity (Wildman–Crippen MR) is 74.4 cm³/mol. The first-order valence-electron chi connectivity index (χ1n) is 6.25. The smallest absolute Gasteiger partial charge is 0.272 e. The topological polar surface area (TPSA) is 93.5 Å².